The molecule has 4 aromatic rings. The van der Waals surface area contributed by atoms with E-state index in [0.717, 1.165) is 20.4 Å². The van der Waals surface area contributed by atoms with Crippen molar-refractivity contribution in [2.75, 3.05) is 0 Å². The lowest BCUT2D eigenvalue weighted by Crippen LogP contribution is -2.13. The van der Waals surface area contributed by atoms with Crippen LogP contribution in [-0.4, -0.2) is 15.5 Å². The molecule has 2 heterocycles. The van der Waals surface area contributed by atoms with Crippen molar-refractivity contribution in [3.63, 3.8) is 0 Å². The highest BCUT2D eigenvalue weighted by molar-refractivity contribution is 7.17. The van der Waals surface area contributed by atoms with Crippen molar-refractivity contribution in [1.82, 2.24) is 9.55 Å². The van der Waals surface area contributed by atoms with E-state index in [1.54, 1.807) is 11.6 Å². The maximum Gasteiger partial charge on any atom is 0.279 e. The maximum absolute atomic E-state index is 12.5. The summed E-state index contributed by atoms with van der Waals surface area (Å²) in [7, 11) is 1.95. The van der Waals surface area contributed by atoms with E-state index in [4.69, 9.17) is 0 Å². The number of hydrogen-bond acceptors (Lipinski definition) is 4. The molecule has 1 amide bonds. The van der Waals surface area contributed by atoms with Gasteiger partial charge in [-0.25, -0.2) is 4.98 Å². The topological polar surface area (TPSA) is 47.2 Å². The summed E-state index contributed by atoms with van der Waals surface area (Å²) in [4.78, 5) is 21.8. The minimum absolute atomic E-state index is 0.222. The number of carbonyl (C=O) groups excluding carboxylic acids is 1. The molecular weight excluding hydrogens is 326 g/mol. The third-order valence-electron chi connectivity index (χ3n) is 3.80. The van der Waals surface area contributed by atoms with Crippen LogP contribution in [0.15, 0.2) is 46.9 Å². The molecule has 0 bridgehead atoms. The van der Waals surface area contributed by atoms with Crippen molar-refractivity contribution < 1.29 is 4.79 Å². The van der Waals surface area contributed by atoms with Gasteiger partial charge < -0.3 is 4.57 Å². The molecule has 23 heavy (non-hydrogen) atoms. The van der Waals surface area contributed by atoms with E-state index in [2.05, 4.69) is 29.0 Å². The Morgan fingerprint density at radius 1 is 1.22 bits per heavy atom. The summed E-state index contributed by atoms with van der Waals surface area (Å²) < 4.78 is 4.12. The lowest BCUT2D eigenvalue weighted by molar-refractivity contribution is 0.0998. The van der Waals surface area contributed by atoms with Crippen molar-refractivity contribution in [1.29, 1.82) is 0 Å². The molecule has 4 rings (SSSR count). The second kappa shape index (κ2) is 5.40. The van der Waals surface area contributed by atoms with Crippen LogP contribution in [-0.2, 0) is 7.05 Å². The molecule has 0 saturated heterocycles. The fourth-order valence-electron chi connectivity index (χ4n) is 2.64. The molecule has 114 valence electrons. The van der Waals surface area contributed by atoms with Crippen LogP contribution < -0.4 is 4.80 Å². The van der Waals surface area contributed by atoms with E-state index in [0.29, 0.717) is 10.4 Å². The van der Waals surface area contributed by atoms with Gasteiger partial charge >= 0.3 is 0 Å². The van der Waals surface area contributed by atoms with Gasteiger partial charge in [0.05, 0.1) is 25.9 Å². The van der Waals surface area contributed by atoms with Gasteiger partial charge in [-0.2, -0.15) is 4.99 Å². The van der Waals surface area contributed by atoms with Crippen molar-refractivity contribution >= 4 is 49.0 Å². The predicted molar refractivity (Wildman–Crippen MR) is 95.0 cm³/mol. The van der Waals surface area contributed by atoms with E-state index in [-0.39, 0.29) is 5.91 Å². The number of hydrogen-bond donors (Lipinski definition) is 0. The van der Waals surface area contributed by atoms with E-state index >= 15 is 0 Å². The molecule has 0 N–H and O–H groups in total. The second-order valence-electron chi connectivity index (χ2n) is 5.32. The zero-order chi connectivity index (χ0) is 16.0. The van der Waals surface area contributed by atoms with E-state index in [1.807, 2.05) is 29.8 Å². The van der Waals surface area contributed by atoms with Crippen LogP contribution in [0.5, 0.6) is 0 Å². The summed E-state index contributed by atoms with van der Waals surface area (Å²) in [5.41, 5.74) is 5.60. The first kappa shape index (κ1) is 14.3. The molecule has 0 aliphatic rings. The Morgan fingerprint density at radius 2 is 2.09 bits per heavy atom. The van der Waals surface area contributed by atoms with Crippen LogP contribution in [0.2, 0.25) is 0 Å². The van der Waals surface area contributed by atoms with Gasteiger partial charge in [-0.1, -0.05) is 23.5 Å². The van der Waals surface area contributed by atoms with Gasteiger partial charge in [0.2, 0.25) is 0 Å². The number of amides is 1. The molecule has 0 fully saturated rings. The van der Waals surface area contributed by atoms with Crippen molar-refractivity contribution in [2.45, 2.75) is 6.92 Å². The standard InChI is InChI=1S/C17H13N3OS2/c1-10-4-3-5-13-15(10)20(2)17(23-13)19-16(21)11-6-7-12-14(8-11)22-9-18-12/h3-9H,1-2H3. The van der Waals surface area contributed by atoms with Crippen molar-refractivity contribution in [3.05, 3.63) is 57.8 Å². The van der Waals surface area contributed by atoms with E-state index < -0.39 is 0 Å². The number of nitrogens with zero attached hydrogens (tertiary/aromatic N) is 3. The summed E-state index contributed by atoms with van der Waals surface area (Å²) in [5.74, 6) is -0.222. The Hall–Kier alpha value is -2.31. The quantitative estimate of drug-likeness (QED) is 0.528. The highest BCUT2D eigenvalue weighted by Crippen LogP contribution is 2.21. The van der Waals surface area contributed by atoms with Gasteiger partial charge in [0.1, 0.15) is 0 Å². The Kier molecular flexibility index (Phi) is 3.36. The van der Waals surface area contributed by atoms with Gasteiger partial charge in [-0.3, -0.25) is 4.79 Å². The molecular formula is C17H13N3OS2. The lowest BCUT2D eigenvalue weighted by atomic mass is 10.2. The highest BCUT2D eigenvalue weighted by Gasteiger charge is 2.09. The Morgan fingerprint density at radius 3 is 2.91 bits per heavy atom. The first-order chi connectivity index (χ1) is 11.1. The van der Waals surface area contributed by atoms with Gasteiger partial charge in [0, 0.05) is 12.6 Å². The highest BCUT2D eigenvalue weighted by atomic mass is 32.1. The summed E-state index contributed by atoms with van der Waals surface area (Å²) in [6, 6.07) is 11.7. The summed E-state index contributed by atoms with van der Waals surface area (Å²) in [5, 5.41) is 0. The molecule has 0 unspecified atom stereocenters. The molecule has 0 saturated carbocycles. The normalized spacial score (nSPS) is 12.3. The first-order valence-electron chi connectivity index (χ1n) is 7.11. The van der Waals surface area contributed by atoms with Crippen LogP contribution >= 0.6 is 22.7 Å². The molecule has 0 aliphatic carbocycles. The molecule has 0 spiro atoms. The molecule has 2 aromatic carbocycles. The Labute approximate surface area is 140 Å². The summed E-state index contributed by atoms with van der Waals surface area (Å²) in [6.07, 6.45) is 0. The van der Waals surface area contributed by atoms with Crippen LogP contribution in [0.4, 0.5) is 0 Å². The molecule has 4 nitrogen and oxygen atoms in total. The average Bonchev–Trinajstić information content (AvgIpc) is 3.12. The minimum atomic E-state index is -0.222. The zero-order valence-electron chi connectivity index (χ0n) is 12.6. The zero-order valence-corrected chi connectivity index (χ0v) is 14.2. The van der Waals surface area contributed by atoms with Crippen molar-refractivity contribution in [3.8, 4) is 0 Å². The fraction of sp³-hybridized carbons (Fsp3) is 0.118. The number of benzene rings is 2. The molecule has 6 heteroatoms. The monoisotopic (exact) mass is 339 g/mol. The average molecular weight is 339 g/mol. The third-order valence-corrected chi connectivity index (χ3v) is 5.69. The Balaban J connectivity index is 1.84. The number of thiazole rings is 2. The Bertz CT molecular complexity index is 1120. The number of aromatic nitrogens is 2. The number of fused-ring (bicyclic) bond motifs is 2. The van der Waals surface area contributed by atoms with Gasteiger partial charge in [0.15, 0.2) is 4.80 Å². The van der Waals surface area contributed by atoms with Crippen LogP contribution in [0.25, 0.3) is 20.4 Å². The predicted octanol–water partition coefficient (Wildman–Crippen LogP) is 3.90. The van der Waals surface area contributed by atoms with Crippen LogP contribution in [0, 0.1) is 6.92 Å². The second-order valence-corrected chi connectivity index (χ2v) is 7.21. The third kappa shape index (κ3) is 2.40. The molecule has 0 atom stereocenters. The van der Waals surface area contributed by atoms with Gasteiger partial charge in [0.25, 0.3) is 5.91 Å². The number of para-hydroxylation sites is 1. The molecule has 0 radical (unpaired) electrons. The number of aryl methyl sites for hydroxylation is 2. The molecule has 0 aliphatic heterocycles. The lowest BCUT2D eigenvalue weighted by Gasteiger charge is -1.99. The van der Waals surface area contributed by atoms with Crippen LogP contribution in [0.1, 0.15) is 15.9 Å². The number of rotatable bonds is 1. The van der Waals surface area contributed by atoms with Crippen LogP contribution in [0.3, 0.4) is 0 Å². The van der Waals surface area contributed by atoms with E-state index in [1.165, 1.54) is 28.2 Å². The molecule has 2 aromatic heterocycles. The summed E-state index contributed by atoms with van der Waals surface area (Å²) in [6.45, 7) is 2.07. The summed E-state index contributed by atoms with van der Waals surface area (Å²) >= 11 is 3.06. The van der Waals surface area contributed by atoms with Crippen molar-refractivity contribution in [2.24, 2.45) is 12.0 Å². The SMILES string of the molecule is Cc1cccc2sc(=NC(=O)c3ccc4ncsc4c3)n(C)c12. The number of carbonyl (C=O) groups is 1. The van der Waals surface area contributed by atoms with Gasteiger partial charge in [-0.05, 0) is 36.8 Å². The van der Waals surface area contributed by atoms with Gasteiger partial charge in [-0.15, -0.1) is 11.3 Å². The first-order valence-corrected chi connectivity index (χ1v) is 8.80. The maximum atomic E-state index is 12.5. The van der Waals surface area contributed by atoms with E-state index in [9.17, 15) is 4.79 Å². The smallest absolute Gasteiger partial charge is 0.279 e. The minimum Gasteiger partial charge on any atom is -0.319 e. The largest absolute Gasteiger partial charge is 0.319 e. The fourth-order valence-corrected chi connectivity index (χ4v) is 4.46.